The van der Waals surface area contributed by atoms with Crippen molar-refractivity contribution in [2.24, 2.45) is 0 Å². The van der Waals surface area contributed by atoms with Crippen LogP contribution >= 0.6 is 0 Å². The van der Waals surface area contributed by atoms with Crippen LogP contribution in [0.15, 0.2) is 24.3 Å². The summed E-state index contributed by atoms with van der Waals surface area (Å²) in [6, 6.07) is 3.61. The molecule has 1 saturated heterocycles. The minimum Gasteiger partial charge on any atom is -0.391 e. The van der Waals surface area contributed by atoms with Crippen LogP contribution in [-0.4, -0.2) is 47.1 Å². The SMILES string of the molecule is CC(=O)N[C@H]1CCN(C(=O)c2ccc(C(F)(F)F)cc2)CC[C@@H]1O. The van der Waals surface area contributed by atoms with Gasteiger partial charge < -0.3 is 15.3 Å². The van der Waals surface area contributed by atoms with E-state index >= 15 is 0 Å². The minimum atomic E-state index is -4.44. The summed E-state index contributed by atoms with van der Waals surface area (Å²) in [7, 11) is 0. The van der Waals surface area contributed by atoms with E-state index < -0.39 is 23.9 Å². The molecule has 0 aromatic heterocycles. The number of hydrogen-bond donors (Lipinski definition) is 2. The van der Waals surface area contributed by atoms with Gasteiger partial charge in [-0.2, -0.15) is 13.2 Å². The van der Waals surface area contributed by atoms with Gasteiger partial charge in [0.2, 0.25) is 5.91 Å². The summed E-state index contributed by atoms with van der Waals surface area (Å²) in [6.07, 6.45) is -4.54. The number of carbonyl (C=O) groups excluding carboxylic acids is 2. The third-order valence-corrected chi connectivity index (χ3v) is 4.00. The fraction of sp³-hybridized carbons (Fsp3) is 0.500. The molecule has 0 aliphatic carbocycles. The van der Waals surface area contributed by atoms with E-state index in [1.54, 1.807) is 0 Å². The Balaban J connectivity index is 2.06. The minimum absolute atomic E-state index is 0.162. The second-order valence-electron chi connectivity index (χ2n) is 5.82. The first kappa shape index (κ1) is 18.3. The van der Waals surface area contributed by atoms with Crippen molar-refractivity contribution >= 4 is 11.8 Å². The first-order chi connectivity index (χ1) is 11.2. The van der Waals surface area contributed by atoms with Gasteiger partial charge in [-0.25, -0.2) is 0 Å². The highest BCUT2D eigenvalue weighted by Gasteiger charge is 2.31. The lowest BCUT2D eigenvalue weighted by atomic mass is 10.1. The summed E-state index contributed by atoms with van der Waals surface area (Å²) in [5.41, 5.74) is -0.647. The summed E-state index contributed by atoms with van der Waals surface area (Å²) in [4.78, 5) is 25.0. The van der Waals surface area contributed by atoms with Gasteiger partial charge in [0.15, 0.2) is 0 Å². The highest BCUT2D eigenvalue weighted by atomic mass is 19.4. The fourth-order valence-electron chi connectivity index (χ4n) is 2.71. The van der Waals surface area contributed by atoms with Crippen LogP contribution in [-0.2, 0) is 11.0 Å². The monoisotopic (exact) mass is 344 g/mol. The maximum absolute atomic E-state index is 12.6. The standard InChI is InChI=1S/C16H19F3N2O3/c1-10(22)20-13-6-8-21(9-7-14(13)23)15(24)11-2-4-12(5-3-11)16(17,18)19/h2-5,13-14,23H,6-9H2,1H3,(H,20,22)/t13-,14-/m0/s1. The lowest BCUT2D eigenvalue weighted by molar-refractivity contribution is -0.137. The van der Waals surface area contributed by atoms with Crippen LogP contribution < -0.4 is 5.32 Å². The van der Waals surface area contributed by atoms with Gasteiger partial charge in [0.1, 0.15) is 0 Å². The van der Waals surface area contributed by atoms with Crippen molar-refractivity contribution in [3.8, 4) is 0 Å². The molecular formula is C16H19F3N2O3. The van der Waals surface area contributed by atoms with Crippen molar-refractivity contribution in [2.75, 3.05) is 13.1 Å². The second kappa shape index (κ2) is 7.21. The molecule has 24 heavy (non-hydrogen) atoms. The van der Waals surface area contributed by atoms with Crippen molar-refractivity contribution in [3.05, 3.63) is 35.4 Å². The molecule has 0 unspecified atom stereocenters. The van der Waals surface area contributed by atoms with E-state index in [-0.39, 0.29) is 30.3 Å². The van der Waals surface area contributed by atoms with Crippen molar-refractivity contribution in [2.45, 2.75) is 38.1 Å². The normalized spacial score (nSPS) is 22.0. The van der Waals surface area contributed by atoms with E-state index in [0.717, 1.165) is 24.3 Å². The predicted molar refractivity (Wildman–Crippen MR) is 80.2 cm³/mol. The Labute approximate surface area is 137 Å². The fourth-order valence-corrected chi connectivity index (χ4v) is 2.71. The van der Waals surface area contributed by atoms with Gasteiger partial charge in [-0.15, -0.1) is 0 Å². The van der Waals surface area contributed by atoms with Gasteiger partial charge in [-0.3, -0.25) is 9.59 Å². The Kier molecular flexibility index (Phi) is 5.48. The Bertz CT molecular complexity index is 602. The smallest absolute Gasteiger partial charge is 0.391 e. The highest BCUT2D eigenvalue weighted by molar-refractivity contribution is 5.94. The lowest BCUT2D eigenvalue weighted by Crippen LogP contribution is -2.42. The molecule has 1 heterocycles. The van der Waals surface area contributed by atoms with E-state index in [4.69, 9.17) is 0 Å². The highest BCUT2D eigenvalue weighted by Crippen LogP contribution is 2.29. The summed E-state index contributed by atoms with van der Waals surface area (Å²) >= 11 is 0. The molecule has 2 N–H and O–H groups in total. The lowest BCUT2D eigenvalue weighted by Gasteiger charge is -2.21. The van der Waals surface area contributed by atoms with E-state index in [0.29, 0.717) is 13.0 Å². The number of amides is 2. The number of hydrogen-bond acceptors (Lipinski definition) is 3. The molecule has 132 valence electrons. The van der Waals surface area contributed by atoms with Crippen molar-refractivity contribution in [3.63, 3.8) is 0 Å². The van der Waals surface area contributed by atoms with Crippen LogP contribution in [0.1, 0.15) is 35.7 Å². The zero-order chi connectivity index (χ0) is 17.9. The summed E-state index contributed by atoms with van der Waals surface area (Å²) in [6.45, 7) is 1.93. The van der Waals surface area contributed by atoms with E-state index in [1.165, 1.54) is 11.8 Å². The van der Waals surface area contributed by atoms with E-state index in [9.17, 15) is 27.9 Å². The summed E-state index contributed by atoms with van der Waals surface area (Å²) < 4.78 is 37.7. The summed E-state index contributed by atoms with van der Waals surface area (Å²) in [5, 5.41) is 12.7. The van der Waals surface area contributed by atoms with E-state index in [2.05, 4.69) is 5.32 Å². The number of benzene rings is 1. The number of carbonyl (C=O) groups is 2. The second-order valence-corrected chi connectivity index (χ2v) is 5.82. The van der Waals surface area contributed by atoms with Crippen LogP contribution in [0.4, 0.5) is 13.2 Å². The molecule has 0 radical (unpaired) electrons. The maximum Gasteiger partial charge on any atom is 0.416 e. The molecule has 2 amide bonds. The summed E-state index contributed by atoms with van der Waals surface area (Å²) in [5.74, 6) is -0.652. The Morgan fingerprint density at radius 2 is 1.75 bits per heavy atom. The average Bonchev–Trinajstić information content (AvgIpc) is 2.68. The Morgan fingerprint density at radius 3 is 2.29 bits per heavy atom. The molecular weight excluding hydrogens is 325 g/mol. The van der Waals surface area contributed by atoms with Crippen LogP contribution in [0, 0.1) is 0 Å². The Hall–Kier alpha value is -2.09. The molecule has 1 aromatic rings. The van der Waals surface area contributed by atoms with Gasteiger partial charge in [0, 0.05) is 25.6 Å². The molecule has 1 aliphatic rings. The molecule has 0 saturated carbocycles. The zero-order valence-electron chi connectivity index (χ0n) is 13.1. The quantitative estimate of drug-likeness (QED) is 0.860. The van der Waals surface area contributed by atoms with Gasteiger partial charge in [0.05, 0.1) is 17.7 Å². The van der Waals surface area contributed by atoms with Gasteiger partial charge in [-0.1, -0.05) is 0 Å². The number of halogens is 3. The van der Waals surface area contributed by atoms with Gasteiger partial charge in [-0.05, 0) is 37.1 Å². The number of nitrogens with one attached hydrogen (secondary N) is 1. The van der Waals surface area contributed by atoms with Crippen LogP contribution in [0.5, 0.6) is 0 Å². The first-order valence-corrected chi connectivity index (χ1v) is 7.60. The van der Waals surface area contributed by atoms with Gasteiger partial charge in [0.25, 0.3) is 5.91 Å². The third-order valence-electron chi connectivity index (χ3n) is 4.00. The van der Waals surface area contributed by atoms with Crippen LogP contribution in [0.3, 0.4) is 0 Å². The number of aliphatic hydroxyl groups excluding tert-OH is 1. The first-order valence-electron chi connectivity index (χ1n) is 7.60. The maximum atomic E-state index is 12.6. The number of aliphatic hydroxyl groups is 1. The van der Waals surface area contributed by atoms with Crippen LogP contribution in [0.2, 0.25) is 0 Å². The molecule has 0 bridgehead atoms. The Morgan fingerprint density at radius 1 is 1.17 bits per heavy atom. The van der Waals surface area contributed by atoms with E-state index in [1.807, 2.05) is 0 Å². The molecule has 8 heteroatoms. The molecule has 5 nitrogen and oxygen atoms in total. The van der Waals surface area contributed by atoms with Crippen molar-refractivity contribution in [1.82, 2.24) is 10.2 Å². The third kappa shape index (κ3) is 4.47. The molecule has 2 atom stereocenters. The van der Waals surface area contributed by atoms with Crippen molar-refractivity contribution in [1.29, 1.82) is 0 Å². The number of likely N-dealkylation sites (tertiary alicyclic amines) is 1. The average molecular weight is 344 g/mol. The molecule has 1 aromatic carbocycles. The molecule has 0 spiro atoms. The topological polar surface area (TPSA) is 69.6 Å². The number of alkyl halides is 3. The van der Waals surface area contributed by atoms with Crippen molar-refractivity contribution < 1.29 is 27.9 Å². The molecule has 1 aliphatic heterocycles. The zero-order valence-corrected chi connectivity index (χ0v) is 13.1. The van der Waals surface area contributed by atoms with Crippen LogP contribution in [0.25, 0.3) is 0 Å². The largest absolute Gasteiger partial charge is 0.416 e. The van der Waals surface area contributed by atoms with Gasteiger partial charge >= 0.3 is 6.18 Å². The predicted octanol–water partition coefficient (Wildman–Crippen LogP) is 1.81. The molecule has 2 rings (SSSR count). The number of rotatable bonds is 2. The number of nitrogens with zero attached hydrogens (tertiary/aromatic N) is 1. The molecule has 1 fully saturated rings.